The van der Waals surface area contributed by atoms with Crippen LogP contribution in [0.15, 0.2) is 71.1 Å². The lowest BCUT2D eigenvalue weighted by Gasteiger charge is -2.05. The molecule has 0 atom stereocenters. The first-order valence-electron chi connectivity index (χ1n) is 8.14. The normalized spacial score (nSPS) is 10.8. The largest absolute Gasteiger partial charge is 0.436 e. The highest BCUT2D eigenvalue weighted by Crippen LogP contribution is 2.28. The van der Waals surface area contributed by atoms with E-state index in [4.69, 9.17) is 16.0 Å². The molecule has 0 spiro atoms. The monoisotopic (exact) mass is 362 g/mol. The first-order valence-corrected chi connectivity index (χ1v) is 8.51. The Kier molecular flexibility index (Phi) is 4.19. The van der Waals surface area contributed by atoms with Crippen LogP contribution in [0, 0.1) is 6.92 Å². The summed E-state index contributed by atoms with van der Waals surface area (Å²) in [5, 5.41) is 3.38. The predicted molar refractivity (Wildman–Crippen MR) is 104 cm³/mol. The van der Waals surface area contributed by atoms with Crippen molar-refractivity contribution in [2.45, 2.75) is 6.92 Å². The zero-order chi connectivity index (χ0) is 18.1. The smallest absolute Gasteiger partial charge is 0.255 e. The van der Waals surface area contributed by atoms with Gasteiger partial charge in [-0.05, 0) is 55.0 Å². The second kappa shape index (κ2) is 6.65. The van der Waals surface area contributed by atoms with Gasteiger partial charge >= 0.3 is 0 Å². The summed E-state index contributed by atoms with van der Waals surface area (Å²) < 4.78 is 5.85. The number of oxazole rings is 1. The van der Waals surface area contributed by atoms with Crippen LogP contribution in [0.25, 0.3) is 22.6 Å². The molecule has 1 aromatic heterocycles. The maximum Gasteiger partial charge on any atom is 0.255 e. The predicted octanol–water partition coefficient (Wildman–Crippen LogP) is 5.71. The molecule has 0 unspecified atom stereocenters. The van der Waals surface area contributed by atoms with E-state index in [-0.39, 0.29) is 5.91 Å². The van der Waals surface area contributed by atoms with Gasteiger partial charge in [-0.15, -0.1) is 0 Å². The molecule has 1 amide bonds. The van der Waals surface area contributed by atoms with Gasteiger partial charge in [-0.1, -0.05) is 35.9 Å². The third-order valence-corrected chi connectivity index (χ3v) is 4.34. The molecule has 4 aromatic rings. The number of hydrogen-bond acceptors (Lipinski definition) is 3. The lowest BCUT2D eigenvalue weighted by Crippen LogP contribution is -2.11. The van der Waals surface area contributed by atoms with Gasteiger partial charge in [0.25, 0.3) is 5.91 Å². The zero-order valence-electron chi connectivity index (χ0n) is 14.0. The maximum atomic E-state index is 12.4. The SMILES string of the molecule is Cc1ccccc1-c1nc2cc(NC(=O)c3cccc(Cl)c3)ccc2o1. The summed E-state index contributed by atoms with van der Waals surface area (Å²) in [6.45, 7) is 2.01. The molecule has 0 aliphatic heterocycles. The highest BCUT2D eigenvalue weighted by atomic mass is 35.5. The number of fused-ring (bicyclic) bond motifs is 1. The Balaban J connectivity index is 1.64. The van der Waals surface area contributed by atoms with Crippen LogP contribution in [0.2, 0.25) is 5.02 Å². The van der Waals surface area contributed by atoms with Gasteiger partial charge in [-0.25, -0.2) is 4.98 Å². The number of hydrogen-bond donors (Lipinski definition) is 1. The van der Waals surface area contributed by atoms with Gasteiger partial charge < -0.3 is 9.73 Å². The Hall–Kier alpha value is -3.11. The number of amides is 1. The standard InChI is InChI=1S/C21H15ClN2O2/c1-13-5-2-3-8-17(13)21-24-18-12-16(9-10-19(18)26-21)23-20(25)14-6-4-7-15(22)11-14/h2-12H,1H3,(H,23,25). The average Bonchev–Trinajstić information content (AvgIpc) is 3.05. The third-order valence-electron chi connectivity index (χ3n) is 4.11. The number of aryl methyl sites for hydroxylation is 1. The number of nitrogens with one attached hydrogen (secondary N) is 1. The summed E-state index contributed by atoms with van der Waals surface area (Å²) in [7, 11) is 0. The quantitative estimate of drug-likeness (QED) is 0.508. The van der Waals surface area contributed by atoms with Gasteiger partial charge in [-0.3, -0.25) is 4.79 Å². The van der Waals surface area contributed by atoms with Gasteiger partial charge in [0.15, 0.2) is 5.58 Å². The van der Waals surface area contributed by atoms with Crippen LogP contribution in [0.4, 0.5) is 5.69 Å². The third kappa shape index (κ3) is 3.19. The fourth-order valence-corrected chi connectivity index (χ4v) is 2.96. The molecule has 5 heteroatoms. The number of benzene rings is 3. The maximum absolute atomic E-state index is 12.4. The fraction of sp³-hybridized carbons (Fsp3) is 0.0476. The molecule has 1 N–H and O–H groups in total. The molecule has 0 bridgehead atoms. The number of anilines is 1. The molecular formula is C21H15ClN2O2. The van der Waals surface area contributed by atoms with Crippen molar-refractivity contribution in [3.8, 4) is 11.5 Å². The Morgan fingerprint density at radius 1 is 1.04 bits per heavy atom. The second-order valence-corrected chi connectivity index (χ2v) is 6.42. The van der Waals surface area contributed by atoms with Crippen molar-refractivity contribution < 1.29 is 9.21 Å². The van der Waals surface area contributed by atoms with Crippen molar-refractivity contribution in [1.82, 2.24) is 4.98 Å². The van der Waals surface area contributed by atoms with E-state index in [0.29, 0.717) is 33.3 Å². The lowest BCUT2D eigenvalue weighted by atomic mass is 10.1. The van der Waals surface area contributed by atoms with Crippen molar-refractivity contribution in [1.29, 1.82) is 0 Å². The van der Waals surface area contributed by atoms with Crippen molar-refractivity contribution in [3.63, 3.8) is 0 Å². The van der Waals surface area contributed by atoms with Crippen LogP contribution in [-0.4, -0.2) is 10.9 Å². The van der Waals surface area contributed by atoms with Crippen LogP contribution in [0.1, 0.15) is 15.9 Å². The van der Waals surface area contributed by atoms with Gasteiger partial charge in [-0.2, -0.15) is 0 Å². The second-order valence-electron chi connectivity index (χ2n) is 5.98. The molecule has 0 aliphatic carbocycles. The molecule has 4 rings (SSSR count). The number of rotatable bonds is 3. The zero-order valence-corrected chi connectivity index (χ0v) is 14.7. The molecule has 0 fully saturated rings. The van der Waals surface area contributed by atoms with Crippen molar-refractivity contribution in [3.05, 3.63) is 82.9 Å². The van der Waals surface area contributed by atoms with Crippen LogP contribution < -0.4 is 5.32 Å². The number of nitrogens with zero attached hydrogens (tertiary/aromatic N) is 1. The summed E-state index contributed by atoms with van der Waals surface area (Å²) in [6.07, 6.45) is 0. The summed E-state index contributed by atoms with van der Waals surface area (Å²) >= 11 is 5.94. The van der Waals surface area contributed by atoms with E-state index >= 15 is 0 Å². The van der Waals surface area contributed by atoms with E-state index < -0.39 is 0 Å². The molecule has 0 saturated carbocycles. The number of aromatic nitrogens is 1. The van der Waals surface area contributed by atoms with Gasteiger partial charge in [0.2, 0.25) is 5.89 Å². The molecule has 0 saturated heterocycles. The van der Waals surface area contributed by atoms with Crippen LogP contribution in [0.3, 0.4) is 0 Å². The van der Waals surface area contributed by atoms with E-state index in [0.717, 1.165) is 11.1 Å². The Bertz CT molecular complexity index is 1120. The van der Waals surface area contributed by atoms with Crippen LogP contribution in [0.5, 0.6) is 0 Å². The Morgan fingerprint density at radius 2 is 1.88 bits per heavy atom. The highest BCUT2D eigenvalue weighted by molar-refractivity contribution is 6.31. The summed E-state index contributed by atoms with van der Waals surface area (Å²) in [4.78, 5) is 16.9. The first kappa shape index (κ1) is 16.4. The topological polar surface area (TPSA) is 55.1 Å². The first-order chi connectivity index (χ1) is 12.6. The summed E-state index contributed by atoms with van der Waals surface area (Å²) in [6, 6.07) is 20.1. The Morgan fingerprint density at radius 3 is 2.69 bits per heavy atom. The summed E-state index contributed by atoms with van der Waals surface area (Å²) in [5.41, 5.74) is 4.54. The average molecular weight is 363 g/mol. The number of carbonyl (C=O) groups excluding carboxylic acids is 1. The van der Waals surface area contributed by atoms with Gasteiger partial charge in [0.1, 0.15) is 5.52 Å². The molecule has 128 valence electrons. The number of halogens is 1. The molecule has 4 nitrogen and oxygen atoms in total. The van der Waals surface area contributed by atoms with Crippen molar-refractivity contribution in [2.75, 3.05) is 5.32 Å². The van der Waals surface area contributed by atoms with E-state index in [1.54, 1.807) is 42.5 Å². The van der Waals surface area contributed by atoms with Crippen molar-refractivity contribution in [2.24, 2.45) is 0 Å². The van der Waals surface area contributed by atoms with E-state index in [2.05, 4.69) is 10.3 Å². The van der Waals surface area contributed by atoms with E-state index in [1.807, 2.05) is 31.2 Å². The minimum absolute atomic E-state index is 0.227. The minimum Gasteiger partial charge on any atom is -0.436 e. The highest BCUT2D eigenvalue weighted by Gasteiger charge is 2.12. The van der Waals surface area contributed by atoms with Gasteiger partial charge in [0, 0.05) is 21.8 Å². The molecule has 0 aliphatic rings. The fourth-order valence-electron chi connectivity index (χ4n) is 2.77. The van der Waals surface area contributed by atoms with Crippen LogP contribution in [-0.2, 0) is 0 Å². The van der Waals surface area contributed by atoms with Crippen molar-refractivity contribution >= 4 is 34.3 Å². The summed E-state index contributed by atoms with van der Waals surface area (Å²) in [5.74, 6) is 0.339. The molecule has 1 heterocycles. The minimum atomic E-state index is -0.227. The molecule has 26 heavy (non-hydrogen) atoms. The Labute approximate surface area is 155 Å². The number of carbonyl (C=O) groups is 1. The lowest BCUT2D eigenvalue weighted by molar-refractivity contribution is 0.102. The van der Waals surface area contributed by atoms with E-state index in [9.17, 15) is 4.79 Å². The molecule has 3 aromatic carbocycles. The van der Waals surface area contributed by atoms with Crippen LogP contribution >= 0.6 is 11.6 Å². The molecule has 0 radical (unpaired) electrons. The van der Waals surface area contributed by atoms with E-state index in [1.165, 1.54) is 0 Å². The molecular weight excluding hydrogens is 348 g/mol. The van der Waals surface area contributed by atoms with Gasteiger partial charge in [0.05, 0.1) is 0 Å².